The predicted molar refractivity (Wildman–Crippen MR) is 79.3 cm³/mol. The number of nitrogens with zero attached hydrogens (tertiary/aromatic N) is 4. The van der Waals surface area contributed by atoms with E-state index in [-0.39, 0.29) is 30.2 Å². The van der Waals surface area contributed by atoms with Crippen molar-refractivity contribution in [3.63, 3.8) is 0 Å². The average Bonchev–Trinajstić information content (AvgIpc) is 3.02. The van der Waals surface area contributed by atoms with Gasteiger partial charge in [0.1, 0.15) is 6.20 Å². The molecule has 0 aromatic carbocycles. The largest absolute Gasteiger partial charge is 0.381 e. The molecule has 0 spiro atoms. The Balaban J connectivity index is 0.00000220. The number of aromatic nitrogens is 2. The van der Waals surface area contributed by atoms with Crippen LogP contribution in [0.4, 0.5) is 5.82 Å². The van der Waals surface area contributed by atoms with E-state index in [1.165, 1.54) is 6.20 Å². The maximum atomic E-state index is 12.1. The average molecular weight is 318 g/mol. The summed E-state index contributed by atoms with van der Waals surface area (Å²) >= 11 is 0. The Labute approximate surface area is 128 Å². The highest BCUT2D eigenvalue weighted by molar-refractivity contribution is 5.85. The van der Waals surface area contributed by atoms with Crippen LogP contribution in [0.1, 0.15) is 25.1 Å². The summed E-state index contributed by atoms with van der Waals surface area (Å²) < 4.78 is 1.64. The molecule has 1 aromatic heterocycles. The van der Waals surface area contributed by atoms with Gasteiger partial charge in [0.05, 0.1) is 0 Å². The molecule has 0 bridgehead atoms. The molecule has 2 N–H and O–H groups in total. The van der Waals surface area contributed by atoms with Crippen LogP contribution in [0, 0.1) is 17.0 Å². The Morgan fingerprint density at radius 3 is 2.90 bits per heavy atom. The Hall–Kier alpha value is -1.67. The first-order chi connectivity index (χ1) is 9.52. The number of imidazole rings is 1. The summed E-state index contributed by atoms with van der Waals surface area (Å²) in [6, 6.07) is 0.140. The zero-order valence-corrected chi connectivity index (χ0v) is 12.7. The van der Waals surface area contributed by atoms with Gasteiger partial charge in [-0.05, 0) is 22.7 Å². The summed E-state index contributed by atoms with van der Waals surface area (Å²) in [4.78, 5) is 27.9. The summed E-state index contributed by atoms with van der Waals surface area (Å²) in [6.07, 6.45) is 3.62. The lowest BCUT2D eigenvalue weighted by atomic mass is 10.2. The van der Waals surface area contributed by atoms with Gasteiger partial charge in [-0.15, -0.1) is 12.4 Å². The van der Waals surface area contributed by atoms with Crippen LogP contribution in [-0.4, -0.2) is 44.4 Å². The van der Waals surface area contributed by atoms with E-state index in [4.69, 9.17) is 5.73 Å². The van der Waals surface area contributed by atoms with Crippen LogP contribution < -0.4 is 5.73 Å². The van der Waals surface area contributed by atoms with E-state index in [0.29, 0.717) is 25.3 Å². The molecule has 2 heterocycles. The van der Waals surface area contributed by atoms with Crippen LogP contribution in [0.2, 0.25) is 0 Å². The fourth-order valence-electron chi connectivity index (χ4n) is 2.57. The molecule has 1 saturated heterocycles. The minimum atomic E-state index is -0.532. The quantitative estimate of drug-likeness (QED) is 0.640. The van der Waals surface area contributed by atoms with Gasteiger partial charge in [-0.3, -0.25) is 4.79 Å². The first kappa shape index (κ1) is 17.4. The van der Waals surface area contributed by atoms with Crippen molar-refractivity contribution in [2.24, 2.45) is 5.73 Å². The van der Waals surface area contributed by atoms with Crippen LogP contribution in [0.3, 0.4) is 0 Å². The molecule has 1 unspecified atom stereocenters. The predicted octanol–water partition coefficient (Wildman–Crippen LogP) is 0.861. The SMILES string of the molecule is Cc1nc([N+](=O)[O-])cn1CCC(=O)N1CCCC1CN.Cl. The second kappa shape index (κ2) is 7.37. The Kier molecular flexibility index (Phi) is 6.10. The van der Waals surface area contributed by atoms with Crippen LogP contribution >= 0.6 is 12.4 Å². The minimum Gasteiger partial charge on any atom is -0.358 e. The summed E-state index contributed by atoms with van der Waals surface area (Å²) in [5.41, 5.74) is 5.65. The summed E-state index contributed by atoms with van der Waals surface area (Å²) in [7, 11) is 0. The number of likely N-dealkylation sites (tertiary alicyclic amines) is 1. The van der Waals surface area contributed by atoms with E-state index in [1.54, 1.807) is 11.5 Å². The molecule has 1 aromatic rings. The topological polar surface area (TPSA) is 107 Å². The molecule has 118 valence electrons. The van der Waals surface area contributed by atoms with Crippen LogP contribution in [0.25, 0.3) is 0 Å². The molecule has 1 aliphatic rings. The molecule has 0 saturated carbocycles. The lowest BCUT2D eigenvalue weighted by molar-refractivity contribution is -0.389. The summed E-state index contributed by atoms with van der Waals surface area (Å²) in [6.45, 7) is 3.33. The van der Waals surface area contributed by atoms with E-state index in [1.807, 2.05) is 4.90 Å². The fourth-order valence-corrected chi connectivity index (χ4v) is 2.57. The molecular weight excluding hydrogens is 298 g/mol. The Bertz CT molecular complexity index is 519. The third-order valence-electron chi connectivity index (χ3n) is 3.69. The number of halogens is 1. The zero-order valence-electron chi connectivity index (χ0n) is 11.9. The van der Waals surface area contributed by atoms with Gasteiger partial charge in [0.2, 0.25) is 11.7 Å². The third kappa shape index (κ3) is 3.92. The normalized spacial score (nSPS) is 17.6. The molecule has 8 nitrogen and oxygen atoms in total. The van der Waals surface area contributed by atoms with Gasteiger partial charge in [-0.25, -0.2) is 0 Å². The maximum absolute atomic E-state index is 12.1. The minimum absolute atomic E-state index is 0. The molecule has 21 heavy (non-hydrogen) atoms. The molecule has 2 rings (SSSR count). The molecular formula is C12H20ClN5O3. The van der Waals surface area contributed by atoms with Gasteiger partial charge < -0.3 is 25.3 Å². The van der Waals surface area contributed by atoms with E-state index in [0.717, 1.165) is 19.4 Å². The lowest BCUT2D eigenvalue weighted by Crippen LogP contribution is -2.40. The molecule has 0 radical (unpaired) electrons. The van der Waals surface area contributed by atoms with Crippen molar-refractivity contribution in [3.05, 3.63) is 22.1 Å². The van der Waals surface area contributed by atoms with Gasteiger partial charge >= 0.3 is 5.82 Å². The van der Waals surface area contributed by atoms with Crippen molar-refractivity contribution in [3.8, 4) is 0 Å². The molecule has 9 heteroatoms. The van der Waals surface area contributed by atoms with Crippen molar-refractivity contribution >= 4 is 24.1 Å². The highest BCUT2D eigenvalue weighted by atomic mass is 35.5. The van der Waals surface area contributed by atoms with E-state index < -0.39 is 4.92 Å². The van der Waals surface area contributed by atoms with Crippen molar-refractivity contribution in [1.82, 2.24) is 14.5 Å². The molecule has 1 fully saturated rings. The number of amides is 1. The van der Waals surface area contributed by atoms with E-state index in [2.05, 4.69) is 4.98 Å². The number of rotatable bonds is 5. The highest BCUT2D eigenvalue weighted by Gasteiger charge is 2.27. The van der Waals surface area contributed by atoms with Crippen molar-refractivity contribution in [1.29, 1.82) is 0 Å². The van der Waals surface area contributed by atoms with Crippen molar-refractivity contribution in [2.45, 2.75) is 38.8 Å². The van der Waals surface area contributed by atoms with Gasteiger partial charge in [0.25, 0.3) is 0 Å². The standard InChI is InChI=1S/C12H19N5O3.ClH/c1-9-14-11(17(19)20)8-15(9)6-4-12(18)16-5-2-3-10(16)7-13;/h8,10H,2-7,13H2,1H3;1H. The van der Waals surface area contributed by atoms with Gasteiger partial charge in [0.15, 0.2) is 0 Å². The smallest absolute Gasteiger partial charge is 0.358 e. The number of nitro groups is 1. The van der Waals surface area contributed by atoms with Crippen molar-refractivity contribution < 1.29 is 9.72 Å². The Morgan fingerprint density at radius 2 is 2.33 bits per heavy atom. The monoisotopic (exact) mass is 317 g/mol. The second-order valence-electron chi connectivity index (χ2n) is 4.97. The number of carbonyl (C=O) groups excluding carboxylic acids is 1. The Morgan fingerprint density at radius 1 is 1.62 bits per heavy atom. The fraction of sp³-hybridized carbons (Fsp3) is 0.667. The molecule has 1 atom stereocenters. The number of hydrogen-bond donors (Lipinski definition) is 1. The van der Waals surface area contributed by atoms with E-state index >= 15 is 0 Å². The molecule has 1 aliphatic heterocycles. The van der Waals surface area contributed by atoms with Crippen LogP contribution in [0.15, 0.2) is 6.20 Å². The third-order valence-corrected chi connectivity index (χ3v) is 3.69. The van der Waals surface area contributed by atoms with Crippen LogP contribution in [-0.2, 0) is 11.3 Å². The number of aryl methyl sites for hydroxylation is 2. The lowest BCUT2D eigenvalue weighted by Gasteiger charge is -2.23. The summed E-state index contributed by atoms with van der Waals surface area (Å²) in [5, 5.41) is 10.6. The first-order valence-electron chi connectivity index (χ1n) is 6.70. The highest BCUT2D eigenvalue weighted by Crippen LogP contribution is 2.18. The van der Waals surface area contributed by atoms with E-state index in [9.17, 15) is 14.9 Å². The van der Waals surface area contributed by atoms with Crippen LogP contribution in [0.5, 0.6) is 0 Å². The first-order valence-corrected chi connectivity index (χ1v) is 6.70. The van der Waals surface area contributed by atoms with Gasteiger partial charge in [-0.2, -0.15) is 0 Å². The maximum Gasteiger partial charge on any atom is 0.381 e. The number of hydrogen-bond acceptors (Lipinski definition) is 5. The zero-order chi connectivity index (χ0) is 14.7. The molecule has 0 aliphatic carbocycles. The number of nitrogens with two attached hydrogens (primary N) is 1. The van der Waals surface area contributed by atoms with Gasteiger partial charge in [0, 0.05) is 39.0 Å². The second-order valence-corrected chi connectivity index (χ2v) is 4.97. The molecule has 1 amide bonds. The number of carbonyl (C=O) groups is 1. The summed E-state index contributed by atoms with van der Waals surface area (Å²) in [5.74, 6) is 0.408. The van der Waals surface area contributed by atoms with Gasteiger partial charge in [-0.1, -0.05) is 0 Å². The van der Waals surface area contributed by atoms with Crippen molar-refractivity contribution in [2.75, 3.05) is 13.1 Å².